The molecule has 0 spiro atoms. The van der Waals surface area contributed by atoms with Gasteiger partial charge >= 0.3 is 5.97 Å². The zero-order valence-corrected chi connectivity index (χ0v) is 12.3. The lowest BCUT2D eigenvalue weighted by molar-refractivity contribution is -0.143. The predicted octanol–water partition coefficient (Wildman–Crippen LogP) is 3.75. The molecule has 0 saturated heterocycles. The molecule has 3 heteroatoms. The van der Waals surface area contributed by atoms with Crippen LogP contribution in [0.15, 0.2) is 12.2 Å². The van der Waals surface area contributed by atoms with Gasteiger partial charge in [-0.3, -0.25) is 4.90 Å². The highest BCUT2D eigenvalue weighted by atomic mass is 16.5. The van der Waals surface area contributed by atoms with Gasteiger partial charge in [0.25, 0.3) is 0 Å². The Morgan fingerprint density at radius 1 is 1.06 bits per heavy atom. The van der Waals surface area contributed by atoms with Crippen LogP contribution in [0, 0.1) is 0 Å². The van der Waals surface area contributed by atoms with Crippen molar-refractivity contribution in [3.63, 3.8) is 0 Å². The summed E-state index contributed by atoms with van der Waals surface area (Å²) in [5.74, 6) is -0.286. The van der Waals surface area contributed by atoms with Crippen LogP contribution in [0.25, 0.3) is 0 Å². The molecule has 106 valence electrons. The van der Waals surface area contributed by atoms with Crippen LogP contribution in [0.2, 0.25) is 0 Å². The van der Waals surface area contributed by atoms with Gasteiger partial charge in [0.2, 0.25) is 0 Å². The molecule has 18 heavy (non-hydrogen) atoms. The van der Waals surface area contributed by atoms with E-state index in [0.717, 1.165) is 13.1 Å². The lowest BCUT2D eigenvalue weighted by atomic mass is 10.2. The molecule has 0 saturated carbocycles. The van der Waals surface area contributed by atoms with Crippen molar-refractivity contribution in [1.82, 2.24) is 4.90 Å². The Kier molecular flexibility index (Phi) is 10.8. The molecule has 0 aromatic carbocycles. The average molecular weight is 255 g/mol. The summed E-state index contributed by atoms with van der Waals surface area (Å²) in [6.07, 6.45) is 7.25. The first-order chi connectivity index (χ1) is 8.61. The van der Waals surface area contributed by atoms with Crippen LogP contribution in [0.5, 0.6) is 0 Å². The van der Waals surface area contributed by atoms with Crippen molar-refractivity contribution in [3.05, 3.63) is 12.2 Å². The van der Waals surface area contributed by atoms with Crippen molar-refractivity contribution in [2.75, 3.05) is 19.8 Å². The molecule has 0 heterocycles. The molecule has 0 radical (unpaired) electrons. The summed E-state index contributed by atoms with van der Waals surface area (Å²) in [6, 6.07) is 0. The fourth-order valence-corrected chi connectivity index (χ4v) is 1.68. The Bertz CT molecular complexity index is 229. The molecule has 0 N–H and O–H groups in total. The fourth-order valence-electron chi connectivity index (χ4n) is 1.68. The van der Waals surface area contributed by atoms with E-state index in [-0.39, 0.29) is 5.97 Å². The van der Waals surface area contributed by atoms with Crippen molar-refractivity contribution < 1.29 is 9.53 Å². The van der Waals surface area contributed by atoms with Crippen molar-refractivity contribution in [1.29, 1.82) is 0 Å². The third-order valence-electron chi connectivity index (χ3n) is 2.88. The van der Waals surface area contributed by atoms with E-state index in [1.165, 1.54) is 38.5 Å². The zero-order valence-electron chi connectivity index (χ0n) is 12.3. The predicted molar refractivity (Wildman–Crippen MR) is 76.4 cm³/mol. The number of carbonyl (C=O) groups is 1. The molecule has 0 aliphatic rings. The minimum absolute atomic E-state index is 0.286. The molecule has 0 aromatic heterocycles. The van der Waals surface area contributed by atoms with Gasteiger partial charge in [-0.2, -0.15) is 0 Å². The van der Waals surface area contributed by atoms with E-state index in [9.17, 15) is 4.79 Å². The van der Waals surface area contributed by atoms with E-state index in [0.29, 0.717) is 12.3 Å². The molecule has 0 bridgehead atoms. The van der Waals surface area contributed by atoms with E-state index < -0.39 is 0 Å². The van der Waals surface area contributed by atoms with Crippen molar-refractivity contribution in [2.24, 2.45) is 0 Å². The molecule has 0 amide bonds. The zero-order chi connectivity index (χ0) is 13.8. The van der Waals surface area contributed by atoms with Crippen LogP contribution in [-0.2, 0) is 9.53 Å². The topological polar surface area (TPSA) is 29.5 Å². The summed E-state index contributed by atoms with van der Waals surface area (Å²) in [4.78, 5) is 13.6. The Morgan fingerprint density at radius 2 is 1.56 bits per heavy atom. The van der Waals surface area contributed by atoms with E-state index in [2.05, 4.69) is 25.3 Å². The number of unbranched alkanes of at least 4 members (excludes halogenated alkanes) is 4. The molecule has 0 rings (SSSR count). The molecular formula is C15H29NO2. The van der Waals surface area contributed by atoms with E-state index in [4.69, 9.17) is 4.74 Å². The maximum atomic E-state index is 11.4. The molecule has 0 aliphatic heterocycles. The van der Waals surface area contributed by atoms with Gasteiger partial charge in [-0.25, -0.2) is 4.79 Å². The molecule has 0 unspecified atom stereocenters. The third kappa shape index (κ3) is 9.23. The highest BCUT2D eigenvalue weighted by molar-refractivity contribution is 5.86. The first-order valence-electron chi connectivity index (χ1n) is 7.16. The Balaban J connectivity index is 3.94. The van der Waals surface area contributed by atoms with Crippen LogP contribution < -0.4 is 0 Å². The molecule has 0 fully saturated rings. The maximum Gasteiger partial charge on any atom is 0.334 e. The average Bonchev–Trinajstić information content (AvgIpc) is 2.35. The quantitative estimate of drug-likeness (QED) is 0.244. The van der Waals surface area contributed by atoms with Gasteiger partial charge in [0.05, 0.1) is 0 Å². The van der Waals surface area contributed by atoms with Crippen LogP contribution in [0.1, 0.15) is 59.3 Å². The van der Waals surface area contributed by atoms with Gasteiger partial charge in [0.1, 0.15) is 6.73 Å². The SMILES string of the molecule is C=C(C)C(=O)OCN(CCCCC)CCCCC. The van der Waals surface area contributed by atoms with Crippen LogP contribution in [-0.4, -0.2) is 30.7 Å². The lowest BCUT2D eigenvalue weighted by Crippen LogP contribution is -2.30. The van der Waals surface area contributed by atoms with E-state index >= 15 is 0 Å². The van der Waals surface area contributed by atoms with E-state index in [1.54, 1.807) is 6.92 Å². The van der Waals surface area contributed by atoms with Gasteiger partial charge < -0.3 is 4.74 Å². The van der Waals surface area contributed by atoms with Crippen molar-refractivity contribution >= 4 is 5.97 Å². The number of esters is 1. The summed E-state index contributed by atoms with van der Waals surface area (Å²) in [5.41, 5.74) is 0.470. The van der Waals surface area contributed by atoms with Crippen LogP contribution in [0.4, 0.5) is 0 Å². The number of hydrogen-bond acceptors (Lipinski definition) is 3. The summed E-state index contributed by atoms with van der Waals surface area (Å²) < 4.78 is 5.21. The first-order valence-corrected chi connectivity index (χ1v) is 7.16. The maximum absolute atomic E-state index is 11.4. The molecule has 0 aliphatic carbocycles. The summed E-state index contributed by atoms with van der Waals surface area (Å²) in [6.45, 7) is 12.1. The Morgan fingerprint density at radius 3 is 1.94 bits per heavy atom. The molecule has 3 nitrogen and oxygen atoms in total. The Hall–Kier alpha value is -0.830. The summed E-state index contributed by atoms with van der Waals surface area (Å²) in [7, 11) is 0. The highest BCUT2D eigenvalue weighted by Gasteiger charge is 2.08. The fraction of sp³-hybridized carbons (Fsp3) is 0.800. The number of ether oxygens (including phenoxy) is 1. The van der Waals surface area contributed by atoms with Gasteiger partial charge in [-0.15, -0.1) is 0 Å². The minimum atomic E-state index is -0.286. The number of nitrogens with zero attached hydrogens (tertiary/aromatic N) is 1. The summed E-state index contributed by atoms with van der Waals surface area (Å²) in [5, 5.41) is 0. The van der Waals surface area contributed by atoms with Crippen LogP contribution >= 0.6 is 0 Å². The van der Waals surface area contributed by atoms with E-state index in [1.807, 2.05) is 0 Å². The monoisotopic (exact) mass is 255 g/mol. The van der Waals surface area contributed by atoms with Gasteiger partial charge in [-0.05, 0) is 19.8 Å². The second-order valence-electron chi connectivity index (χ2n) is 4.87. The van der Waals surface area contributed by atoms with Gasteiger partial charge in [0.15, 0.2) is 0 Å². The minimum Gasteiger partial charge on any atom is -0.446 e. The highest BCUT2D eigenvalue weighted by Crippen LogP contribution is 2.04. The van der Waals surface area contributed by atoms with Gasteiger partial charge in [0, 0.05) is 18.7 Å². The second-order valence-corrected chi connectivity index (χ2v) is 4.87. The standard InChI is InChI=1S/C15H29NO2/c1-5-7-9-11-16(12-10-8-6-2)13-18-15(17)14(3)4/h3,5-13H2,1-2,4H3. The van der Waals surface area contributed by atoms with Crippen molar-refractivity contribution in [2.45, 2.75) is 59.3 Å². The third-order valence-corrected chi connectivity index (χ3v) is 2.88. The molecule has 0 atom stereocenters. The normalized spacial score (nSPS) is 10.7. The number of rotatable bonds is 11. The lowest BCUT2D eigenvalue weighted by Gasteiger charge is -2.21. The van der Waals surface area contributed by atoms with Gasteiger partial charge in [-0.1, -0.05) is 46.1 Å². The molecular weight excluding hydrogens is 226 g/mol. The van der Waals surface area contributed by atoms with Crippen LogP contribution in [0.3, 0.4) is 0 Å². The Labute approximate surface area is 112 Å². The molecule has 0 aromatic rings. The number of carbonyl (C=O) groups excluding carboxylic acids is 1. The largest absolute Gasteiger partial charge is 0.446 e. The second kappa shape index (κ2) is 11.3. The smallest absolute Gasteiger partial charge is 0.334 e. The van der Waals surface area contributed by atoms with Crippen molar-refractivity contribution in [3.8, 4) is 0 Å². The number of hydrogen-bond donors (Lipinski definition) is 0. The summed E-state index contributed by atoms with van der Waals surface area (Å²) >= 11 is 0. The first kappa shape index (κ1) is 17.2.